The lowest BCUT2D eigenvalue weighted by Crippen LogP contribution is -2.17. The smallest absolute Gasteiger partial charge is 0.344 e. The molecule has 142 valence electrons. The SMILES string of the molecule is CSc1ccccc1OC(=O)c1ccccc1C(=O)Oc1ccccc1SC. The van der Waals surface area contributed by atoms with Gasteiger partial charge in [0.2, 0.25) is 0 Å². The van der Waals surface area contributed by atoms with E-state index in [1.54, 1.807) is 48.5 Å². The number of rotatable bonds is 6. The molecule has 0 radical (unpaired) electrons. The van der Waals surface area contributed by atoms with Gasteiger partial charge in [-0.25, -0.2) is 9.59 Å². The van der Waals surface area contributed by atoms with Crippen molar-refractivity contribution in [2.45, 2.75) is 9.79 Å². The summed E-state index contributed by atoms with van der Waals surface area (Å²) in [5, 5.41) is 0. The topological polar surface area (TPSA) is 52.6 Å². The fraction of sp³-hybridized carbons (Fsp3) is 0.0909. The van der Waals surface area contributed by atoms with Gasteiger partial charge in [0.05, 0.1) is 11.1 Å². The molecule has 6 heteroatoms. The Morgan fingerprint density at radius 3 is 1.36 bits per heavy atom. The molecule has 3 aromatic rings. The number of hydrogen-bond acceptors (Lipinski definition) is 6. The molecule has 0 spiro atoms. The van der Waals surface area contributed by atoms with Gasteiger partial charge < -0.3 is 9.47 Å². The second-order valence-corrected chi connectivity index (χ2v) is 7.32. The van der Waals surface area contributed by atoms with Crippen LogP contribution >= 0.6 is 23.5 Å². The highest BCUT2D eigenvalue weighted by molar-refractivity contribution is 7.99. The Kier molecular flexibility index (Phi) is 6.79. The number of ether oxygens (including phenoxy) is 2. The van der Waals surface area contributed by atoms with Gasteiger partial charge in [-0.1, -0.05) is 36.4 Å². The summed E-state index contributed by atoms with van der Waals surface area (Å²) in [5.41, 5.74) is 0.315. The molecule has 0 bridgehead atoms. The van der Waals surface area contributed by atoms with Gasteiger partial charge in [-0.15, -0.1) is 23.5 Å². The lowest BCUT2D eigenvalue weighted by atomic mass is 10.1. The second kappa shape index (κ2) is 9.48. The molecular weight excluding hydrogens is 392 g/mol. The third-order valence-corrected chi connectivity index (χ3v) is 5.46. The summed E-state index contributed by atoms with van der Waals surface area (Å²) in [5.74, 6) is -0.300. The minimum absolute atomic E-state index is 0.157. The Hall–Kier alpha value is -2.70. The van der Waals surface area contributed by atoms with Crippen LogP contribution in [-0.2, 0) is 0 Å². The lowest BCUT2D eigenvalue weighted by Gasteiger charge is -2.12. The highest BCUT2D eigenvalue weighted by Crippen LogP contribution is 2.29. The first-order chi connectivity index (χ1) is 13.6. The summed E-state index contributed by atoms with van der Waals surface area (Å²) >= 11 is 2.96. The maximum atomic E-state index is 12.7. The van der Waals surface area contributed by atoms with Gasteiger partial charge in [-0.05, 0) is 48.9 Å². The van der Waals surface area contributed by atoms with E-state index in [0.29, 0.717) is 11.5 Å². The predicted octanol–water partition coefficient (Wildman–Crippen LogP) is 5.57. The maximum absolute atomic E-state index is 12.7. The summed E-state index contributed by atoms with van der Waals surface area (Å²) in [7, 11) is 0. The van der Waals surface area contributed by atoms with E-state index in [0.717, 1.165) is 9.79 Å². The van der Waals surface area contributed by atoms with Crippen LogP contribution in [0.2, 0.25) is 0 Å². The zero-order valence-electron chi connectivity index (χ0n) is 15.4. The molecule has 0 unspecified atom stereocenters. The molecule has 0 saturated carbocycles. The van der Waals surface area contributed by atoms with Gasteiger partial charge >= 0.3 is 11.9 Å². The number of thioether (sulfide) groups is 2. The van der Waals surface area contributed by atoms with E-state index in [9.17, 15) is 9.59 Å². The second-order valence-electron chi connectivity index (χ2n) is 5.63. The summed E-state index contributed by atoms with van der Waals surface area (Å²) in [6.07, 6.45) is 3.81. The first-order valence-electron chi connectivity index (χ1n) is 8.43. The van der Waals surface area contributed by atoms with Crippen molar-refractivity contribution in [3.05, 3.63) is 83.9 Å². The van der Waals surface area contributed by atoms with Crippen LogP contribution in [-0.4, -0.2) is 24.5 Å². The van der Waals surface area contributed by atoms with E-state index in [2.05, 4.69) is 0 Å². The molecular formula is C22H18O4S2. The van der Waals surface area contributed by atoms with Crippen molar-refractivity contribution in [2.75, 3.05) is 12.5 Å². The molecule has 0 aliphatic heterocycles. The molecule has 3 aromatic carbocycles. The van der Waals surface area contributed by atoms with Crippen molar-refractivity contribution < 1.29 is 19.1 Å². The van der Waals surface area contributed by atoms with E-state index in [1.807, 2.05) is 36.8 Å². The molecule has 0 aliphatic carbocycles. The normalized spacial score (nSPS) is 10.4. The Morgan fingerprint density at radius 2 is 0.964 bits per heavy atom. The van der Waals surface area contributed by atoms with Crippen molar-refractivity contribution >= 4 is 35.5 Å². The van der Waals surface area contributed by atoms with Crippen LogP contribution < -0.4 is 9.47 Å². The fourth-order valence-electron chi connectivity index (χ4n) is 2.56. The molecule has 0 fully saturated rings. The van der Waals surface area contributed by atoms with Crippen LogP contribution in [0, 0.1) is 0 Å². The Labute approximate surface area is 172 Å². The number of carbonyl (C=O) groups excluding carboxylic acids is 2. The van der Waals surface area contributed by atoms with Gasteiger partial charge in [-0.3, -0.25) is 0 Å². The standard InChI is InChI=1S/C22H18O4S2/c1-27-19-13-7-5-11-17(19)25-21(23)15-9-3-4-10-16(15)22(24)26-18-12-6-8-14-20(18)28-2/h3-14H,1-2H3. The van der Waals surface area contributed by atoms with E-state index in [4.69, 9.17) is 9.47 Å². The third-order valence-electron chi connectivity index (χ3n) is 3.91. The molecule has 4 nitrogen and oxygen atoms in total. The van der Waals surface area contributed by atoms with Gasteiger partial charge in [-0.2, -0.15) is 0 Å². The Balaban J connectivity index is 1.86. The lowest BCUT2D eigenvalue weighted by molar-refractivity contribution is 0.0687. The maximum Gasteiger partial charge on any atom is 0.344 e. The molecule has 0 saturated heterocycles. The zero-order valence-corrected chi connectivity index (χ0v) is 17.0. The van der Waals surface area contributed by atoms with Crippen LogP contribution in [0.25, 0.3) is 0 Å². The van der Waals surface area contributed by atoms with Crippen molar-refractivity contribution in [1.82, 2.24) is 0 Å². The van der Waals surface area contributed by atoms with E-state index in [-0.39, 0.29) is 11.1 Å². The first-order valence-corrected chi connectivity index (χ1v) is 10.9. The van der Waals surface area contributed by atoms with Crippen LogP contribution in [0.3, 0.4) is 0 Å². The van der Waals surface area contributed by atoms with Crippen LogP contribution in [0.5, 0.6) is 11.5 Å². The summed E-state index contributed by atoms with van der Waals surface area (Å²) in [6, 6.07) is 21.0. The van der Waals surface area contributed by atoms with Crippen LogP contribution in [0.1, 0.15) is 20.7 Å². The minimum Gasteiger partial charge on any atom is -0.422 e. The van der Waals surface area contributed by atoms with E-state index in [1.165, 1.54) is 23.5 Å². The van der Waals surface area contributed by atoms with E-state index < -0.39 is 11.9 Å². The van der Waals surface area contributed by atoms with Crippen molar-refractivity contribution in [1.29, 1.82) is 0 Å². The zero-order chi connectivity index (χ0) is 19.9. The molecule has 0 aromatic heterocycles. The number of esters is 2. The first kappa shape index (κ1) is 20.0. The third kappa shape index (κ3) is 4.58. The monoisotopic (exact) mass is 410 g/mol. The number of hydrogen-bond donors (Lipinski definition) is 0. The van der Waals surface area contributed by atoms with Gasteiger partial charge in [0.1, 0.15) is 11.5 Å². The number of para-hydroxylation sites is 2. The van der Waals surface area contributed by atoms with Crippen LogP contribution in [0.4, 0.5) is 0 Å². The molecule has 0 atom stereocenters. The Bertz CT molecular complexity index is 921. The summed E-state index contributed by atoms with van der Waals surface area (Å²) in [6.45, 7) is 0. The summed E-state index contributed by atoms with van der Waals surface area (Å²) in [4.78, 5) is 27.2. The average Bonchev–Trinajstić information content (AvgIpc) is 2.74. The van der Waals surface area contributed by atoms with Gasteiger partial charge in [0.15, 0.2) is 0 Å². The highest BCUT2D eigenvalue weighted by atomic mass is 32.2. The number of carbonyl (C=O) groups is 2. The quantitative estimate of drug-likeness (QED) is 0.301. The van der Waals surface area contributed by atoms with Crippen molar-refractivity contribution in [2.24, 2.45) is 0 Å². The molecule has 28 heavy (non-hydrogen) atoms. The van der Waals surface area contributed by atoms with Gasteiger partial charge in [0.25, 0.3) is 0 Å². The summed E-state index contributed by atoms with van der Waals surface area (Å²) < 4.78 is 11.1. The van der Waals surface area contributed by atoms with Gasteiger partial charge in [0, 0.05) is 9.79 Å². The van der Waals surface area contributed by atoms with Crippen molar-refractivity contribution in [3.8, 4) is 11.5 Å². The predicted molar refractivity (Wildman–Crippen MR) is 113 cm³/mol. The Morgan fingerprint density at radius 1 is 0.607 bits per heavy atom. The fourth-order valence-corrected chi connectivity index (χ4v) is 3.61. The highest BCUT2D eigenvalue weighted by Gasteiger charge is 2.21. The largest absolute Gasteiger partial charge is 0.422 e. The number of benzene rings is 3. The molecule has 3 rings (SSSR count). The minimum atomic E-state index is -0.604. The molecule has 0 heterocycles. The molecule has 0 amide bonds. The van der Waals surface area contributed by atoms with Crippen LogP contribution in [0.15, 0.2) is 82.6 Å². The van der Waals surface area contributed by atoms with Crippen molar-refractivity contribution in [3.63, 3.8) is 0 Å². The molecule has 0 aliphatic rings. The molecule has 0 N–H and O–H groups in total. The average molecular weight is 411 g/mol. The van der Waals surface area contributed by atoms with E-state index >= 15 is 0 Å².